The number of hydrogen-bond donors (Lipinski definition) is 0. The first-order valence-corrected chi connectivity index (χ1v) is 7.64. The number of aryl methyl sites for hydroxylation is 1. The van der Waals surface area contributed by atoms with E-state index in [1.54, 1.807) is 7.11 Å². The van der Waals surface area contributed by atoms with Crippen LogP contribution in [0.15, 0.2) is 24.3 Å². The number of Topliss-reactive ketones (excluding diaryl/α,β-unsaturated/α-hetero) is 1. The number of imidazole rings is 1. The van der Waals surface area contributed by atoms with Crippen molar-refractivity contribution in [2.24, 2.45) is 0 Å². The van der Waals surface area contributed by atoms with Gasteiger partial charge in [-0.2, -0.15) is 0 Å². The summed E-state index contributed by atoms with van der Waals surface area (Å²) in [5, 5.41) is 0. The molecule has 114 valence electrons. The van der Waals surface area contributed by atoms with Gasteiger partial charge in [-0.15, -0.1) is 0 Å². The molecule has 0 unspecified atom stereocenters. The number of carbonyl (C=O) groups is 1. The van der Waals surface area contributed by atoms with Crippen molar-refractivity contribution in [2.75, 3.05) is 7.11 Å². The Morgan fingerprint density at radius 2 is 1.90 bits per heavy atom. The number of hydrogen-bond acceptors (Lipinski definition) is 3. The van der Waals surface area contributed by atoms with Crippen molar-refractivity contribution in [3.05, 3.63) is 30.1 Å². The molecule has 0 radical (unpaired) electrons. The second-order valence-corrected chi connectivity index (χ2v) is 5.27. The lowest BCUT2D eigenvalue weighted by Gasteiger charge is -2.28. The Morgan fingerprint density at radius 1 is 1.24 bits per heavy atom. The largest absolute Gasteiger partial charge is 0.370 e. The standard InChI is InChI=1S/C17H24N2O2/c1-5-17(6-2,21-4)15(20)12-16-18-13-10-8-9-11-14(13)19(16)7-3/h8-11H,5-7,12H2,1-4H3. The predicted octanol–water partition coefficient (Wildman–Crippen LogP) is 3.37. The van der Waals surface area contributed by atoms with E-state index in [9.17, 15) is 4.79 Å². The molecule has 0 spiro atoms. The van der Waals surface area contributed by atoms with Gasteiger partial charge >= 0.3 is 0 Å². The maximum Gasteiger partial charge on any atom is 0.172 e. The van der Waals surface area contributed by atoms with E-state index in [2.05, 4.69) is 16.5 Å². The monoisotopic (exact) mass is 288 g/mol. The van der Waals surface area contributed by atoms with E-state index in [1.807, 2.05) is 38.1 Å². The summed E-state index contributed by atoms with van der Waals surface area (Å²) in [6.45, 7) is 6.87. The number of ketones is 1. The Hall–Kier alpha value is -1.68. The van der Waals surface area contributed by atoms with Crippen LogP contribution < -0.4 is 0 Å². The first kappa shape index (κ1) is 15.7. The molecule has 0 bridgehead atoms. The summed E-state index contributed by atoms with van der Waals surface area (Å²) in [5.41, 5.74) is 1.34. The summed E-state index contributed by atoms with van der Waals surface area (Å²) in [4.78, 5) is 17.3. The molecule has 0 aliphatic carbocycles. The van der Waals surface area contributed by atoms with Crippen molar-refractivity contribution in [2.45, 2.75) is 52.2 Å². The van der Waals surface area contributed by atoms with Crippen LogP contribution in [0.2, 0.25) is 0 Å². The molecule has 4 nitrogen and oxygen atoms in total. The van der Waals surface area contributed by atoms with Gasteiger partial charge in [-0.1, -0.05) is 26.0 Å². The molecule has 1 heterocycles. The highest BCUT2D eigenvalue weighted by Crippen LogP contribution is 2.24. The molecular weight excluding hydrogens is 264 g/mol. The molecule has 0 saturated heterocycles. The van der Waals surface area contributed by atoms with Gasteiger partial charge < -0.3 is 9.30 Å². The van der Waals surface area contributed by atoms with Crippen molar-refractivity contribution in [1.29, 1.82) is 0 Å². The van der Waals surface area contributed by atoms with Crippen molar-refractivity contribution in [3.8, 4) is 0 Å². The molecule has 0 amide bonds. The zero-order valence-corrected chi connectivity index (χ0v) is 13.3. The summed E-state index contributed by atoms with van der Waals surface area (Å²) in [7, 11) is 1.62. The zero-order valence-electron chi connectivity index (χ0n) is 13.3. The number of methoxy groups -OCH3 is 1. The lowest BCUT2D eigenvalue weighted by molar-refractivity contribution is -0.141. The van der Waals surface area contributed by atoms with E-state index >= 15 is 0 Å². The van der Waals surface area contributed by atoms with Crippen molar-refractivity contribution >= 4 is 16.8 Å². The SMILES string of the molecule is CCn1c(CC(=O)C(CC)(CC)OC)nc2ccccc21. The van der Waals surface area contributed by atoms with Gasteiger partial charge in [0.1, 0.15) is 11.4 Å². The quantitative estimate of drug-likeness (QED) is 0.784. The van der Waals surface area contributed by atoms with E-state index < -0.39 is 5.60 Å². The third-order valence-electron chi connectivity index (χ3n) is 4.41. The molecule has 21 heavy (non-hydrogen) atoms. The smallest absolute Gasteiger partial charge is 0.172 e. The Bertz CT molecular complexity index is 618. The van der Waals surface area contributed by atoms with Gasteiger partial charge in [0.2, 0.25) is 0 Å². The lowest BCUT2D eigenvalue weighted by atomic mass is 9.90. The van der Waals surface area contributed by atoms with Crippen LogP contribution in [0.5, 0.6) is 0 Å². The number of rotatable bonds is 7. The number of ether oxygens (including phenoxy) is 1. The summed E-state index contributed by atoms with van der Waals surface area (Å²) < 4.78 is 7.64. The van der Waals surface area contributed by atoms with Crippen LogP contribution in [0.25, 0.3) is 11.0 Å². The topological polar surface area (TPSA) is 44.1 Å². The maximum atomic E-state index is 12.7. The fraction of sp³-hybridized carbons (Fsp3) is 0.529. The number of aromatic nitrogens is 2. The second kappa shape index (κ2) is 6.39. The second-order valence-electron chi connectivity index (χ2n) is 5.27. The molecule has 1 aromatic heterocycles. The zero-order chi connectivity index (χ0) is 15.5. The Labute approximate surface area is 126 Å². The van der Waals surface area contributed by atoms with E-state index in [1.165, 1.54) is 0 Å². The Kier molecular flexibility index (Phi) is 4.78. The number of nitrogens with zero attached hydrogens (tertiary/aromatic N) is 2. The van der Waals surface area contributed by atoms with Crippen LogP contribution in [0.3, 0.4) is 0 Å². The minimum atomic E-state index is -0.684. The predicted molar refractivity (Wildman–Crippen MR) is 84.4 cm³/mol. The lowest BCUT2D eigenvalue weighted by Crippen LogP contribution is -2.41. The first-order chi connectivity index (χ1) is 10.1. The minimum absolute atomic E-state index is 0.111. The van der Waals surface area contributed by atoms with Crippen LogP contribution >= 0.6 is 0 Å². The van der Waals surface area contributed by atoms with Crippen molar-refractivity contribution < 1.29 is 9.53 Å². The van der Waals surface area contributed by atoms with Gasteiger partial charge in [-0.25, -0.2) is 4.98 Å². The van der Waals surface area contributed by atoms with Crippen LogP contribution in [0.4, 0.5) is 0 Å². The van der Waals surface area contributed by atoms with E-state index in [4.69, 9.17) is 4.74 Å². The molecule has 2 rings (SSSR count). The number of benzene rings is 1. The fourth-order valence-electron chi connectivity index (χ4n) is 2.96. The average Bonchev–Trinajstić information content (AvgIpc) is 2.86. The van der Waals surface area contributed by atoms with Gasteiger partial charge in [-0.3, -0.25) is 4.79 Å². The van der Waals surface area contributed by atoms with Crippen LogP contribution in [0.1, 0.15) is 39.4 Å². The Morgan fingerprint density at radius 3 is 2.48 bits per heavy atom. The molecule has 0 saturated carbocycles. The summed E-state index contributed by atoms with van der Waals surface area (Å²) >= 11 is 0. The van der Waals surface area contributed by atoms with E-state index in [-0.39, 0.29) is 5.78 Å². The summed E-state index contributed by atoms with van der Waals surface area (Å²) in [6, 6.07) is 8.00. The van der Waals surface area contributed by atoms with Crippen molar-refractivity contribution in [3.63, 3.8) is 0 Å². The van der Waals surface area contributed by atoms with E-state index in [0.29, 0.717) is 19.3 Å². The van der Waals surface area contributed by atoms with Gasteiger partial charge in [0.05, 0.1) is 17.5 Å². The molecule has 0 fully saturated rings. The highest BCUT2D eigenvalue weighted by atomic mass is 16.5. The molecular formula is C17H24N2O2. The third-order valence-corrected chi connectivity index (χ3v) is 4.41. The molecule has 1 aromatic carbocycles. The van der Waals surface area contributed by atoms with Crippen LogP contribution in [-0.4, -0.2) is 28.0 Å². The minimum Gasteiger partial charge on any atom is -0.370 e. The number of fused-ring (bicyclic) bond motifs is 1. The van der Waals surface area contributed by atoms with Crippen LogP contribution in [0, 0.1) is 0 Å². The highest BCUT2D eigenvalue weighted by molar-refractivity contribution is 5.89. The number of para-hydroxylation sites is 2. The van der Waals surface area contributed by atoms with E-state index in [0.717, 1.165) is 23.4 Å². The Balaban J connectivity index is 2.37. The fourth-order valence-corrected chi connectivity index (χ4v) is 2.96. The molecule has 0 aliphatic rings. The average molecular weight is 288 g/mol. The summed E-state index contributed by atoms with van der Waals surface area (Å²) in [5.74, 6) is 0.937. The number of carbonyl (C=O) groups excluding carboxylic acids is 1. The van der Waals surface area contributed by atoms with Crippen LogP contribution in [-0.2, 0) is 22.5 Å². The molecule has 2 aromatic rings. The molecule has 0 atom stereocenters. The van der Waals surface area contributed by atoms with Gasteiger partial charge in [0.15, 0.2) is 5.78 Å². The van der Waals surface area contributed by atoms with Gasteiger partial charge in [0, 0.05) is 13.7 Å². The first-order valence-electron chi connectivity index (χ1n) is 7.64. The maximum absolute atomic E-state index is 12.7. The molecule has 4 heteroatoms. The third kappa shape index (κ3) is 2.72. The highest BCUT2D eigenvalue weighted by Gasteiger charge is 2.35. The molecule has 0 aliphatic heterocycles. The normalized spacial score (nSPS) is 12.0. The molecule has 0 N–H and O–H groups in total. The summed E-state index contributed by atoms with van der Waals surface area (Å²) in [6.07, 6.45) is 1.69. The van der Waals surface area contributed by atoms with Crippen molar-refractivity contribution in [1.82, 2.24) is 9.55 Å². The van der Waals surface area contributed by atoms with Gasteiger partial charge in [-0.05, 0) is 31.9 Å². The van der Waals surface area contributed by atoms with Gasteiger partial charge in [0.25, 0.3) is 0 Å².